The highest BCUT2D eigenvalue weighted by atomic mass is 79.9. The van der Waals surface area contributed by atoms with Gasteiger partial charge in [0.1, 0.15) is 5.75 Å². The van der Waals surface area contributed by atoms with Crippen LogP contribution in [-0.4, -0.2) is 29.5 Å². The molecular formula is C13H19BrO3. The maximum Gasteiger partial charge on any atom is 0.119 e. The molecular weight excluding hydrogens is 284 g/mol. The summed E-state index contributed by atoms with van der Waals surface area (Å²) in [7, 11) is 1.61. The maximum atomic E-state index is 9.88. The first-order chi connectivity index (χ1) is 8.08. The third-order valence-corrected chi connectivity index (χ3v) is 3.48. The Hall–Kier alpha value is -0.580. The third kappa shape index (κ3) is 4.30. The highest BCUT2D eigenvalue weighted by Crippen LogP contribution is 2.24. The van der Waals surface area contributed by atoms with Crippen molar-refractivity contribution >= 4 is 15.9 Å². The summed E-state index contributed by atoms with van der Waals surface area (Å²) in [5, 5.41) is 19.6. The molecule has 0 bridgehead atoms. The first kappa shape index (κ1) is 14.5. The number of aliphatic hydroxyl groups excluding tert-OH is 2. The van der Waals surface area contributed by atoms with Gasteiger partial charge >= 0.3 is 0 Å². The molecule has 17 heavy (non-hydrogen) atoms. The summed E-state index contributed by atoms with van der Waals surface area (Å²) >= 11 is 3.43. The van der Waals surface area contributed by atoms with Crippen LogP contribution in [0.2, 0.25) is 0 Å². The minimum atomic E-state index is -0.738. The van der Waals surface area contributed by atoms with Gasteiger partial charge in [-0.3, -0.25) is 0 Å². The second-order valence-electron chi connectivity index (χ2n) is 4.08. The van der Waals surface area contributed by atoms with Crippen molar-refractivity contribution in [3.05, 3.63) is 28.2 Å². The van der Waals surface area contributed by atoms with Crippen LogP contribution in [0.15, 0.2) is 22.7 Å². The van der Waals surface area contributed by atoms with Gasteiger partial charge in [-0.1, -0.05) is 29.3 Å². The van der Waals surface area contributed by atoms with Crippen LogP contribution in [0.25, 0.3) is 0 Å². The number of benzene rings is 1. The van der Waals surface area contributed by atoms with Crippen molar-refractivity contribution in [2.75, 3.05) is 7.11 Å². The first-order valence-corrected chi connectivity index (χ1v) is 6.56. The molecule has 0 amide bonds. The van der Waals surface area contributed by atoms with Crippen molar-refractivity contribution < 1.29 is 14.9 Å². The summed E-state index contributed by atoms with van der Waals surface area (Å²) in [6.07, 6.45) is 0.482. The summed E-state index contributed by atoms with van der Waals surface area (Å²) in [6.45, 7) is 1.98. The number of ether oxygens (including phenoxy) is 1. The van der Waals surface area contributed by atoms with E-state index in [0.29, 0.717) is 12.8 Å². The molecule has 1 aromatic rings. The van der Waals surface area contributed by atoms with Crippen molar-refractivity contribution in [1.82, 2.24) is 0 Å². The summed E-state index contributed by atoms with van der Waals surface area (Å²) in [6, 6.07) is 5.60. The molecule has 1 aromatic carbocycles. The molecule has 2 N–H and O–H groups in total. The minimum absolute atomic E-state index is 0.416. The van der Waals surface area contributed by atoms with E-state index in [2.05, 4.69) is 15.9 Å². The molecule has 0 saturated heterocycles. The van der Waals surface area contributed by atoms with Gasteiger partial charge in [-0.25, -0.2) is 0 Å². The Morgan fingerprint density at radius 1 is 1.29 bits per heavy atom. The van der Waals surface area contributed by atoms with Gasteiger partial charge in [0.15, 0.2) is 0 Å². The van der Waals surface area contributed by atoms with Gasteiger partial charge in [-0.05, 0) is 30.2 Å². The monoisotopic (exact) mass is 302 g/mol. The van der Waals surface area contributed by atoms with Crippen molar-refractivity contribution in [3.8, 4) is 5.75 Å². The molecule has 4 heteroatoms. The number of rotatable bonds is 6. The number of halogens is 1. The standard InChI is InChI=1S/C13H19BrO3/c1-3-4-12(15)13(16)8-9-7-10(17-2)5-6-11(9)14/h5-7,12-13,15-16H,3-4,8H2,1-2H3. The Morgan fingerprint density at radius 2 is 2.00 bits per heavy atom. The molecule has 1 rings (SSSR count). The SMILES string of the molecule is CCCC(O)C(O)Cc1cc(OC)ccc1Br. The summed E-state index contributed by atoms with van der Waals surface area (Å²) < 4.78 is 6.05. The molecule has 0 aromatic heterocycles. The average molecular weight is 303 g/mol. The van der Waals surface area contributed by atoms with E-state index in [0.717, 1.165) is 22.2 Å². The van der Waals surface area contributed by atoms with Crippen LogP contribution in [0, 0.1) is 0 Å². The van der Waals surface area contributed by atoms with Crippen LogP contribution < -0.4 is 4.74 Å². The lowest BCUT2D eigenvalue weighted by atomic mass is 10.0. The molecule has 96 valence electrons. The first-order valence-electron chi connectivity index (χ1n) is 5.77. The van der Waals surface area contributed by atoms with Crippen molar-refractivity contribution in [3.63, 3.8) is 0 Å². The molecule has 0 radical (unpaired) electrons. The zero-order valence-corrected chi connectivity index (χ0v) is 11.8. The molecule has 2 unspecified atom stereocenters. The van der Waals surface area contributed by atoms with Crippen LogP contribution in [0.4, 0.5) is 0 Å². The highest BCUT2D eigenvalue weighted by molar-refractivity contribution is 9.10. The van der Waals surface area contributed by atoms with Crippen LogP contribution in [0.5, 0.6) is 5.75 Å². The molecule has 2 atom stereocenters. The number of aliphatic hydroxyl groups is 2. The van der Waals surface area contributed by atoms with E-state index < -0.39 is 12.2 Å². The van der Waals surface area contributed by atoms with Gasteiger partial charge in [-0.15, -0.1) is 0 Å². The van der Waals surface area contributed by atoms with E-state index in [-0.39, 0.29) is 0 Å². The predicted molar refractivity (Wildman–Crippen MR) is 71.3 cm³/mol. The fourth-order valence-electron chi connectivity index (χ4n) is 1.68. The normalized spacial score (nSPS) is 14.4. The second kappa shape index (κ2) is 6.99. The summed E-state index contributed by atoms with van der Waals surface area (Å²) in [5.41, 5.74) is 0.937. The van der Waals surface area contributed by atoms with Crippen LogP contribution >= 0.6 is 15.9 Å². The second-order valence-corrected chi connectivity index (χ2v) is 4.94. The van der Waals surface area contributed by atoms with E-state index in [1.165, 1.54) is 0 Å². The van der Waals surface area contributed by atoms with E-state index in [4.69, 9.17) is 4.74 Å². The van der Waals surface area contributed by atoms with E-state index in [9.17, 15) is 10.2 Å². The molecule has 0 aliphatic rings. The minimum Gasteiger partial charge on any atom is -0.497 e. The zero-order valence-electron chi connectivity index (χ0n) is 10.2. The molecule has 0 aliphatic heterocycles. The molecule has 0 heterocycles. The van der Waals surface area contributed by atoms with Crippen LogP contribution in [0.1, 0.15) is 25.3 Å². The van der Waals surface area contributed by atoms with Gasteiger partial charge in [0.05, 0.1) is 19.3 Å². The van der Waals surface area contributed by atoms with Gasteiger partial charge < -0.3 is 14.9 Å². The van der Waals surface area contributed by atoms with Crippen LogP contribution in [-0.2, 0) is 6.42 Å². The number of methoxy groups -OCH3 is 1. The zero-order chi connectivity index (χ0) is 12.8. The summed E-state index contributed by atoms with van der Waals surface area (Å²) in [4.78, 5) is 0. The number of hydrogen-bond donors (Lipinski definition) is 2. The molecule has 0 spiro atoms. The van der Waals surface area contributed by atoms with Crippen molar-refractivity contribution in [2.24, 2.45) is 0 Å². The highest BCUT2D eigenvalue weighted by Gasteiger charge is 2.17. The lowest BCUT2D eigenvalue weighted by molar-refractivity contribution is 0.0147. The Labute approximate surface area is 111 Å². The van der Waals surface area contributed by atoms with Gasteiger partial charge in [0.2, 0.25) is 0 Å². The Morgan fingerprint density at radius 3 is 2.59 bits per heavy atom. The van der Waals surface area contributed by atoms with Crippen molar-refractivity contribution in [1.29, 1.82) is 0 Å². The molecule has 3 nitrogen and oxygen atoms in total. The fourth-order valence-corrected chi connectivity index (χ4v) is 2.09. The van der Waals surface area contributed by atoms with E-state index in [1.807, 2.05) is 25.1 Å². The van der Waals surface area contributed by atoms with Gasteiger partial charge in [0, 0.05) is 10.9 Å². The predicted octanol–water partition coefficient (Wildman–Crippen LogP) is 2.52. The Balaban J connectivity index is 2.73. The third-order valence-electron chi connectivity index (χ3n) is 2.71. The van der Waals surface area contributed by atoms with E-state index >= 15 is 0 Å². The Kier molecular flexibility index (Phi) is 5.95. The topological polar surface area (TPSA) is 49.7 Å². The Bertz CT molecular complexity index is 355. The fraction of sp³-hybridized carbons (Fsp3) is 0.538. The smallest absolute Gasteiger partial charge is 0.119 e. The van der Waals surface area contributed by atoms with E-state index in [1.54, 1.807) is 7.11 Å². The maximum absolute atomic E-state index is 9.88. The lowest BCUT2D eigenvalue weighted by Crippen LogP contribution is -2.27. The average Bonchev–Trinajstić information content (AvgIpc) is 2.32. The quantitative estimate of drug-likeness (QED) is 0.849. The molecule has 0 fully saturated rings. The number of hydrogen-bond acceptors (Lipinski definition) is 3. The summed E-state index contributed by atoms with van der Waals surface area (Å²) in [5.74, 6) is 0.750. The molecule has 0 aliphatic carbocycles. The van der Waals surface area contributed by atoms with Crippen molar-refractivity contribution in [2.45, 2.75) is 38.4 Å². The largest absolute Gasteiger partial charge is 0.497 e. The van der Waals surface area contributed by atoms with Gasteiger partial charge in [0.25, 0.3) is 0 Å². The van der Waals surface area contributed by atoms with Gasteiger partial charge in [-0.2, -0.15) is 0 Å². The van der Waals surface area contributed by atoms with Crippen LogP contribution in [0.3, 0.4) is 0 Å². The lowest BCUT2D eigenvalue weighted by Gasteiger charge is -2.18. The molecule has 0 saturated carbocycles.